The fraction of sp³-hybridized carbons (Fsp3) is 0.526. The van der Waals surface area contributed by atoms with Crippen LogP contribution < -0.4 is 4.74 Å². The van der Waals surface area contributed by atoms with Crippen LogP contribution in [0.25, 0.3) is 10.8 Å². The van der Waals surface area contributed by atoms with Crippen molar-refractivity contribution in [2.24, 2.45) is 4.40 Å². The summed E-state index contributed by atoms with van der Waals surface area (Å²) >= 11 is 4.66. The van der Waals surface area contributed by atoms with Gasteiger partial charge >= 0.3 is 0 Å². The molecule has 0 aromatic carbocycles. The van der Waals surface area contributed by atoms with Crippen LogP contribution in [0, 0.1) is 0 Å². The second-order valence-electron chi connectivity index (χ2n) is 7.95. The Balaban J connectivity index is 1.85. The van der Waals surface area contributed by atoms with Gasteiger partial charge in [0.25, 0.3) is 0 Å². The SMILES string of the molecule is CCS(=O)(=O)[C@H]1C[C@@H](Oc2ncc(/C=N/[S@@+]([O-])C(C)(C)C)c3cc(Cl)ncc23)C1. The van der Waals surface area contributed by atoms with E-state index in [9.17, 15) is 13.0 Å². The van der Waals surface area contributed by atoms with Crippen LogP contribution in [0.15, 0.2) is 22.9 Å². The number of halogens is 1. The number of pyridine rings is 2. The van der Waals surface area contributed by atoms with Crippen molar-refractivity contribution in [1.29, 1.82) is 0 Å². The first-order chi connectivity index (χ1) is 13.5. The summed E-state index contributed by atoms with van der Waals surface area (Å²) in [5.41, 5.74) is 0.647. The van der Waals surface area contributed by atoms with Gasteiger partial charge in [0.15, 0.2) is 9.84 Å². The molecule has 0 amide bonds. The van der Waals surface area contributed by atoms with Gasteiger partial charge in [-0.25, -0.2) is 18.4 Å². The van der Waals surface area contributed by atoms with Crippen molar-refractivity contribution in [3.05, 3.63) is 29.2 Å². The summed E-state index contributed by atoms with van der Waals surface area (Å²) in [5.74, 6) is 0.508. The molecule has 1 aliphatic rings. The lowest BCUT2D eigenvalue weighted by Crippen LogP contribution is -2.43. The molecule has 0 bridgehead atoms. The molecule has 0 radical (unpaired) electrons. The molecule has 2 aromatic rings. The highest BCUT2D eigenvalue weighted by Gasteiger charge is 2.39. The van der Waals surface area contributed by atoms with E-state index in [1.165, 1.54) is 6.21 Å². The van der Waals surface area contributed by atoms with Gasteiger partial charge in [0.2, 0.25) is 5.88 Å². The van der Waals surface area contributed by atoms with Crippen LogP contribution in [0.4, 0.5) is 0 Å². The van der Waals surface area contributed by atoms with Gasteiger partial charge in [0.05, 0.1) is 16.9 Å². The number of nitrogens with zero attached hydrogens (tertiary/aromatic N) is 3. The van der Waals surface area contributed by atoms with Gasteiger partial charge in [0, 0.05) is 41.9 Å². The number of rotatable bonds is 6. The number of aromatic nitrogens is 2. The summed E-state index contributed by atoms with van der Waals surface area (Å²) in [6, 6.07) is 1.68. The van der Waals surface area contributed by atoms with Crippen molar-refractivity contribution in [2.75, 3.05) is 5.75 Å². The zero-order valence-electron chi connectivity index (χ0n) is 16.8. The Hall–Kier alpha value is -1.42. The first kappa shape index (κ1) is 22.3. The minimum Gasteiger partial charge on any atom is -0.591 e. The highest BCUT2D eigenvalue weighted by Crippen LogP contribution is 2.34. The molecule has 1 saturated carbocycles. The zero-order valence-corrected chi connectivity index (χ0v) is 19.1. The fourth-order valence-corrected chi connectivity index (χ4v) is 5.04. The number of hydrogen-bond acceptors (Lipinski definition) is 7. The maximum atomic E-state index is 12.2. The molecule has 0 aliphatic heterocycles. The van der Waals surface area contributed by atoms with Crippen LogP contribution in [-0.4, -0.2) is 51.0 Å². The Morgan fingerprint density at radius 3 is 2.62 bits per heavy atom. The Morgan fingerprint density at radius 2 is 2.00 bits per heavy atom. The van der Waals surface area contributed by atoms with E-state index >= 15 is 0 Å². The molecule has 0 spiro atoms. The summed E-state index contributed by atoms with van der Waals surface area (Å²) in [4.78, 5) is 8.47. The molecular weight excluding hydrogens is 434 g/mol. The summed E-state index contributed by atoms with van der Waals surface area (Å²) in [6.45, 7) is 7.19. The van der Waals surface area contributed by atoms with Crippen LogP contribution >= 0.6 is 11.6 Å². The summed E-state index contributed by atoms with van der Waals surface area (Å²) in [7, 11) is -3.05. The quantitative estimate of drug-likeness (QED) is 0.373. The van der Waals surface area contributed by atoms with Gasteiger partial charge in [0.1, 0.15) is 27.4 Å². The van der Waals surface area contributed by atoms with Gasteiger partial charge in [-0.1, -0.05) is 22.9 Å². The number of fused-ring (bicyclic) bond motifs is 1. The molecule has 1 atom stereocenters. The van der Waals surface area contributed by atoms with Crippen LogP contribution in [0.1, 0.15) is 46.1 Å². The van der Waals surface area contributed by atoms with Gasteiger partial charge in [-0.3, -0.25) is 0 Å². The highest BCUT2D eigenvalue weighted by molar-refractivity contribution is 7.92. The van der Waals surface area contributed by atoms with Crippen molar-refractivity contribution < 1.29 is 17.7 Å². The van der Waals surface area contributed by atoms with Gasteiger partial charge < -0.3 is 9.29 Å². The molecule has 0 unspecified atom stereocenters. The van der Waals surface area contributed by atoms with E-state index in [4.69, 9.17) is 16.3 Å². The van der Waals surface area contributed by atoms with Gasteiger partial charge in [-0.2, -0.15) is 0 Å². The molecule has 2 heterocycles. The first-order valence-electron chi connectivity index (χ1n) is 9.30. The standard InChI is InChI=1S/C19H24ClN3O4S2/c1-5-29(25,26)14-6-13(7-14)27-18-16-11-21-17(20)8-15(16)12(9-22-18)10-23-28(24)19(2,3)4/h8-11,13-14H,5-7H2,1-4H3/b23-10+/t13-,14+,28-/m0/s1. The molecule has 1 aliphatic carbocycles. The normalized spacial score (nSPS) is 21.3. The summed E-state index contributed by atoms with van der Waals surface area (Å²) in [5, 5.41) is 1.32. The van der Waals surface area contributed by atoms with Gasteiger partial charge in [-0.05, 0) is 26.8 Å². The van der Waals surface area contributed by atoms with Crippen LogP contribution in [0.5, 0.6) is 5.88 Å². The first-order valence-corrected chi connectivity index (χ1v) is 12.5. The predicted molar refractivity (Wildman–Crippen MR) is 117 cm³/mol. The lowest BCUT2D eigenvalue weighted by molar-refractivity contribution is 0.119. The minimum absolute atomic E-state index is 0.137. The van der Waals surface area contributed by atoms with E-state index in [0.29, 0.717) is 34.8 Å². The van der Waals surface area contributed by atoms with E-state index in [1.807, 2.05) is 20.8 Å². The Labute approximate surface area is 179 Å². The molecule has 0 N–H and O–H groups in total. The highest BCUT2D eigenvalue weighted by atomic mass is 35.5. The second kappa shape index (κ2) is 8.37. The third kappa shape index (κ3) is 5.02. The smallest absolute Gasteiger partial charge is 0.223 e. The van der Waals surface area contributed by atoms with E-state index in [0.717, 1.165) is 5.39 Å². The third-order valence-corrected chi connectivity index (χ3v) is 8.54. The van der Waals surface area contributed by atoms with Crippen molar-refractivity contribution in [1.82, 2.24) is 9.97 Å². The van der Waals surface area contributed by atoms with Gasteiger partial charge in [-0.15, -0.1) is 0 Å². The molecular formula is C19H24ClN3O4S2. The average Bonchev–Trinajstić information content (AvgIpc) is 2.61. The molecule has 158 valence electrons. The maximum absolute atomic E-state index is 12.2. The Morgan fingerprint density at radius 1 is 1.31 bits per heavy atom. The van der Waals surface area contributed by atoms with E-state index in [-0.39, 0.29) is 17.1 Å². The Kier molecular flexibility index (Phi) is 6.43. The second-order valence-corrected chi connectivity index (χ2v) is 12.8. The third-order valence-electron chi connectivity index (χ3n) is 4.78. The van der Waals surface area contributed by atoms with E-state index in [1.54, 1.807) is 25.4 Å². The van der Waals surface area contributed by atoms with Crippen molar-refractivity contribution in [2.45, 2.75) is 56.6 Å². The van der Waals surface area contributed by atoms with E-state index < -0.39 is 25.9 Å². The summed E-state index contributed by atoms with van der Waals surface area (Å²) < 4.78 is 45.7. The average molecular weight is 458 g/mol. The fourth-order valence-electron chi connectivity index (χ4n) is 2.87. The zero-order chi connectivity index (χ0) is 21.4. The van der Waals surface area contributed by atoms with E-state index in [2.05, 4.69) is 14.4 Å². The number of ether oxygens (including phenoxy) is 1. The molecule has 1 fully saturated rings. The molecule has 0 saturated heterocycles. The molecule has 29 heavy (non-hydrogen) atoms. The van der Waals surface area contributed by atoms with Crippen LogP contribution in [0.2, 0.25) is 5.15 Å². The van der Waals surface area contributed by atoms with Crippen molar-refractivity contribution >= 4 is 49.8 Å². The lowest BCUT2D eigenvalue weighted by atomic mass is 9.95. The molecule has 7 nitrogen and oxygen atoms in total. The number of sulfone groups is 1. The van der Waals surface area contributed by atoms with Crippen LogP contribution in [0.3, 0.4) is 0 Å². The number of hydrogen-bond donors (Lipinski definition) is 0. The van der Waals surface area contributed by atoms with Crippen LogP contribution in [-0.2, 0) is 21.2 Å². The molecule has 3 rings (SSSR count). The van der Waals surface area contributed by atoms with Crippen molar-refractivity contribution in [3.63, 3.8) is 0 Å². The molecule has 2 aromatic heterocycles. The van der Waals surface area contributed by atoms with Crippen molar-refractivity contribution in [3.8, 4) is 5.88 Å². The topological polar surface area (TPSA) is 105 Å². The monoisotopic (exact) mass is 457 g/mol. The predicted octanol–water partition coefficient (Wildman–Crippen LogP) is 3.51. The lowest BCUT2D eigenvalue weighted by Gasteiger charge is -2.34. The summed E-state index contributed by atoms with van der Waals surface area (Å²) in [6.07, 6.45) is 5.36. The maximum Gasteiger partial charge on any atom is 0.223 e. The largest absolute Gasteiger partial charge is 0.591 e. The Bertz CT molecular complexity index is 1030. The minimum atomic E-state index is -3.05. The molecule has 10 heteroatoms.